The van der Waals surface area contributed by atoms with Crippen molar-refractivity contribution in [1.29, 1.82) is 0 Å². The zero-order chi connectivity index (χ0) is 22.6. The van der Waals surface area contributed by atoms with Crippen LogP contribution in [0, 0.1) is 0 Å². The smallest absolute Gasteiger partial charge is 0.284 e. The summed E-state index contributed by atoms with van der Waals surface area (Å²) < 4.78 is 35.7. The number of aromatic nitrogens is 5. The van der Waals surface area contributed by atoms with Crippen molar-refractivity contribution in [3.05, 3.63) is 35.9 Å². The number of anilines is 2. The van der Waals surface area contributed by atoms with Gasteiger partial charge in [-0.25, -0.2) is 18.3 Å². The minimum absolute atomic E-state index is 0.0262. The number of nitrogens with one attached hydrogen (secondary N) is 1. The van der Waals surface area contributed by atoms with Gasteiger partial charge in [0.2, 0.25) is 0 Å². The number of nitrogens with zero attached hydrogens (tertiary/aromatic N) is 6. The summed E-state index contributed by atoms with van der Waals surface area (Å²) >= 11 is 0. The predicted octanol–water partition coefficient (Wildman–Crippen LogP) is 3.24. The van der Waals surface area contributed by atoms with Crippen LogP contribution in [0.15, 0.2) is 24.7 Å². The largest absolute Gasteiger partial charge is 0.377 e. The van der Waals surface area contributed by atoms with Crippen molar-refractivity contribution in [3.8, 4) is 0 Å². The van der Waals surface area contributed by atoms with E-state index in [9.17, 15) is 13.6 Å². The van der Waals surface area contributed by atoms with Crippen molar-refractivity contribution < 1.29 is 18.3 Å². The van der Waals surface area contributed by atoms with Gasteiger partial charge in [0.15, 0.2) is 11.3 Å². The van der Waals surface area contributed by atoms with E-state index >= 15 is 0 Å². The van der Waals surface area contributed by atoms with Crippen LogP contribution in [0.3, 0.4) is 0 Å². The molecule has 0 saturated carbocycles. The van der Waals surface area contributed by atoms with Gasteiger partial charge in [-0.1, -0.05) is 0 Å². The number of amides is 1. The van der Waals surface area contributed by atoms with Crippen LogP contribution in [0.25, 0.3) is 5.65 Å². The summed E-state index contributed by atoms with van der Waals surface area (Å²) in [5.41, 5.74) is -0.431. The molecule has 170 valence electrons. The summed E-state index contributed by atoms with van der Waals surface area (Å²) in [5, 5.41) is 10.8. The first-order valence-corrected chi connectivity index (χ1v) is 10.6. The minimum atomic E-state index is -2.82. The molecule has 3 aromatic heterocycles. The minimum Gasteiger partial charge on any atom is -0.377 e. The van der Waals surface area contributed by atoms with Crippen LogP contribution in [-0.2, 0) is 10.3 Å². The first kappa shape index (κ1) is 20.8. The van der Waals surface area contributed by atoms with Crippen molar-refractivity contribution in [3.63, 3.8) is 0 Å². The summed E-state index contributed by atoms with van der Waals surface area (Å²) in [7, 11) is 0. The van der Waals surface area contributed by atoms with Crippen LogP contribution in [0.1, 0.15) is 56.1 Å². The van der Waals surface area contributed by atoms with E-state index in [2.05, 4.69) is 20.4 Å². The van der Waals surface area contributed by atoms with E-state index in [1.807, 2.05) is 26.8 Å². The molecule has 2 bridgehead atoms. The fraction of sp³-hybridized carbons (Fsp3) is 0.524. The zero-order valence-electron chi connectivity index (χ0n) is 18.1. The molecule has 5 heterocycles. The van der Waals surface area contributed by atoms with E-state index in [1.54, 1.807) is 6.20 Å². The van der Waals surface area contributed by atoms with Crippen molar-refractivity contribution in [2.75, 3.05) is 23.4 Å². The molecule has 2 aliphatic heterocycles. The summed E-state index contributed by atoms with van der Waals surface area (Å²) in [4.78, 5) is 20.0. The zero-order valence-corrected chi connectivity index (χ0v) is 18.1. The van der Waals surface area contributed by atoms with Crippen molar-refractivity contribution in [2.24, 2.45) is 0 Å². The molecule has 0 spiro atoms. The van der Waals surface area contributed by atoms with E-state index in [1.165, 1.54) is 21.6 Å². The van der Waals surface area contributed by atoms with Gasteiger partial charge in [0.25, 0.3) is 12.3 Å². The van der Waals surface area contributed by atoms with E-state index in [0.29, 0.717) is 18.9 Å². The number of carbonyl (C=O) groups is 1. The Morgan fingerprint density at radius 1 is 1.25 bits per heavy atom. The van der Waals surface area contributed by atoms with Gasteiger partial charge in [0.05, 0.1) is 42.7 Å². The van der Waals surface area contributed by atoms with Gasteiger partial charge in [-0.3, -0.25) is 9.48 Å². The average Bonchev–Trinajstić information content (AvgIpc) is 3.41. The Morgan fingerprint density at radius 3 is 2.62 bits per heavy atom. The molecule has 0 radical (unpaired) electrons. The number of morpholine rings is 1. The molecular formula is C21H25F2N7O2. The molecule has 1 N–H and O–H groups in total. The Bertz CT molecular complexity index is 1150. The number of fused-ring (bicyclic) bond motifs is 3. The van der Waals surface area contributed by atoms with Gasteiger partial charge < -0.3 is 15.0 Å². The molecule has 0 aromatic carbocycles. The molecule has 2 atom stereocenters. The van der Waals surface area contributed by atoms with Crippen LogP contribution < -0.4 is 10.2 Å². The van der Waals surface area contributed by atoms with Gasteiger partial charge in [-0.15, -0.1) is 0 Å². The first-order chi connectivity index (χ1) is 15.2. The number of carbonyl (C=O) groups excluding carboxylic acids is 1. The van der Waals surface area contributed by atoms with Gasteiger partial charge >= 0.3 is 0 Å². The normalized spacial score (nSPS) is 21.0. The Balaban J connectivity index is 1.46. The second-order valence-corrected chi connectivity index (χ2v) is 9.24. The van der Waals surface area contributed by atoms with Crippen LogP contribution in [0.5, 0.6) is 0 Å². The van der Waals surface area contributed by atoms with Crippen LogP contribution in [-0.4, -0.2) is 55.6 Å². The number of alkyl halides is 2. The van der Waals surface area contributed by atoms with Gasteiger partial charge in [-0.2, -0.15) is 10.2 Å². The molecule has 1 amide bonds. The highest BCUT2D eigenvalue weighted by Gasteiger charge is 2.38. The lowest BCUT2D eigenvalue weighted by atomic mass is 10.1. The third-order valence-electron chi connectivity index (χ3n) is 5.99. The molecule has 11 heteroatoms. The van der Waals surface area contributed by atoms with Gasteiger partial charge in [-0.05, 0) is 39.7 Å². The average molecular weight is 445 g/mol. The molecule has 2 aliphatic rings. The molecule has 2 saturated heterocycles. The van der Waals surface area contributed by atoms with E-state index in [4.69, 9.17) is 9.72 Å². The first-order valence-electron chi connectivity index (χ1n) is 10.6. The van der Waals surface area contributed by atoms with E-state index in [-0.39, 0.29) is 23.3 Å². The van der Waals surface area contributed by atoms with Crippen LogP contribution in [0.4, 0.5) is 20.3 Å². The Hall–Kier alpha value is -3.08. The summed E-state index contributed by atoms with van der Waals surface area (Å²) in [6.07, 6.45) is 3.84. The standard InChI is InChI=1S/C21H25F2N7O2/c1-21(2,3)29-9-15(17(27-29)18(22)23)25-20(31)14-8-24-28-7-6-16(26-19(14)28)30-12-4-5-13(30)11-32-10-12/h6-9,12-13,18H,4-5,10-11H2,1-3H3,(H,25,31). The Kier molecular flexibility index (Phi) is 4.88. The number of hydrogen-bond acceptors (Lipinski definition) is 6. The van der Waals surface area contributed by atoms with Crippen molar-refractivity contribution in [1.82, 2.24) is 24.4 Å². The fourth-order valence-electron chi connectivity index (χ4n) is 4.34. The summed E-state index contributed by atoms with van der Waals surface area (Å²) in [6, 6.07) is 2.40. The van der Waals surface area contributed by atoms with Gasteiger partial charge in [0, 0.05) is 12.4 Å². The van der Waals surface area contributed by atoms with Gasteiger partial charge in [0.1, 0.15) is 11.4 Å². The van der Waals surface area contributed by atoms with Crippen molar-refractivity contribution in [2.45, 2.75) is 57.7 Å². The third-order valence-corrected chi connectivity index (χ3v) is 5.99. The molecule has 2 fully saturated rings. The fourth-order valence-corrected chi connectivity index (χ4v) is 4.34. The van der Waals surface area contributed by atoms with Crippen LogP contribution >= 0.6 is 0 Å². The summed E-state index contributed by atoms with van der Waals surface area (Å²) in [5.74, 6) is 0.196. The molecule has 9 nitrogen and oxygen atoms in total. The van der Waals surface area contributed by atoms with Crippen molar-refractivity contribution >= 4 is 23.1 Å². The number of halogens is 2. The molecule has 2 unspecified atom stereocenters. The second-order valence-electron chi connectivity index (χ2n) is 9.24. The number of ether oxygens (including phenoxy) is 1. The highest BCUT2D eigenvalue weighted by atomic mass is 19.3. The lowest BCUT2D eigenvalue weighted by Crippen LogP contribution is -2.46. The lowest BCUT2D eigenvalue weighted by molar-refractivity contribution is 0.0902. The maximum Gasteiger partial charge on any atom is 0.284 e. The maximum absolute atomic E-state index is 13.5. The predicted molar refractivity (Wildman–Crippen MR) is 113 cm³/mol. The van der Waals surface area contributed by atoms with E-state index in [0.717, 1.165) is 18.7 Å². The molecule has 32 heavy (non-hydrogen) atoms. The highest BCUT2D eigenvalue weighted by molar-refractivity contribution is 6.08. The third kappa shape index (κ3) is 3.50. The Morgan fingerprint density at radius 2 is 1.97 bits per heavy atom. The highest BCUT2D eigenvalue weighted by Crippen LogP contribution is 2.33. The van der Waals surface area contributed by atoms with E-state index < -0.39 is 23.6 Å². The Labute approximate surface area is 183 Å². The number of rotatable bonds is 4. The van der Waals surface area contributed by atoms with Crippen LogP contribution in [0.2, 0.25) is 0 Å². The summed E-state index contributed by atoms with van der Waals surface area (Å²) in [6.45, 7) is 6.84. The monoisotopic (exact) mass is 445 g/mol. The topological polar surface area (TPSA) is 89.6 Å². The number of hydrogen-bond donors (Lipinski definition) is 1. The quantitative estimate of drug-likeness (QED) is 0.663. The lowest BCUT2D eigenvalue weighted by Gasteiger charge is -2.35. The molecule has 0 aliphatic carbocycles. The molecular weight excluding hydrogens is 420 g/mol. The molecule has 5 rings (SSSR count). The second kappa shape index (κ2) is 7.51. The maximum atomic E-state index is 13.5. The molecule has 3 aromatic rings. The SMILES string of the molecule is CC(C)(C)n1cc(NC(=O)c2cnn3ccc(N4C5CCC4COC5)nc23)c(C(F)F)n1.